The number of benzene rings is 1. The Labute approximate surface area is 154 Å². The highest BCUT2D eigenvalue weighted by Gasteiger charge is 2.33. The van der Waals surface area contributed by atoms with Crippen molar-refractivity contribution >= 4 is 23.1 Å². The third-order valence-electron chi connectivity index (χ3n) is 3.48. The highest BCUT2D eigenvalue weighted by atomic mass is 35.5. The van der Waals surface area contributed by atoms with Crippen molar-refractivity contribution in [1.29, 1.82) is 5.41 Å². The molecule has 0 amide bonds. The molecule has 26 heavy (non-hydrogen) atoms. The van der Waals surface area contributed by atoms with E-state index in [4.69, 9.17) is 21.7 Å². The highest BCUT2D eigenvalue weighted by molar-refractivity contribution is 6.30. The number of hydrogen-bond acceptors (Lipinski definition) is 5. The minimum absolute atomic E-state index is 0.0925. The Morgan fingerprint density at radius 1 is 1.38 bits per heavy atom. The molecule has 1 aliphatic rings. The van der Waals surface area contributed by atoms with Crippen molar-refractivity contribution in [2.75, 3.05) is 13.7 Å². The van der Waals surface area contributed by atoms with Gasteiger partial charge in [0.15, 0.2) is 0 Å². The fourth-order valence-electron chi connectivity index (χ4n) is 2.09. The zero-order chi connectivity index (χ0) is 19.2. The van der Waals surface area contributed by atoms with E-state index < -0.39 is 11.9 Å². The van der Waals surface area contributed by atoms with Gasteiger partial charge in [0.05, 0.1) is 18.7 Å². The minimum atomic E-state index is -4.71. The molecule has 5 nitrogen and oxygen atoms in total. The van der Waals surface area contributed by atoms with Crippen LogP contribution >= 0.6 is 11.6 Å². The van der Waals surface area contributed by atoms with Crippen molar-refractivity contribution in [3.8, 4) is 5.75 Å². The fraction of sp³-hybridized carbons (Fsp3) is 0.294. The van der Waals surface area contributed by atoms with E-state index in [-0.39, 0.29) is 12.1 Å². The number of nitrogens with one attached hydrogen (secondary N) is 3. The number of aliphatic imine (C=N–C) groups is 1. The molecule has 0 aliphatic carbocycles. The van der Waals surface area contributed by atoms with Crippen LogP contribution < -0.4 is 15.4 Å². The largest absolute Gasteiger partial charge is 0.497 e. The molecule has 0 bridgehead atoms. The summed E-state index contributed by atoms with van der Waals surface area (Å²) in [5.74, 6) is 1.16. The maximum Gasteiger partial charge on any atom is 0.432 e. The van der Waals surface area contributed by atoms with E-state index in [1.54, 1.807) is 31.4 Å². The maximum atomic E-state index is 12.7. The first-order valence-corrected chi connectivity index (χ1v) is 8.04. The molecule has 0 saturated heterocycles. The minimum Gasteiger partial charge on any atom is -0.497 e. The number of ether oxygens (including phenoxy) is 1. The normalized spacial score (nSPS) is 14.9. The summed E-state index contributed by atoms with van der Waals surface area (Å²) in [6, 6.07) is 7.13. The van der Waals surface area contributed by atoms with Crippen molar-refractivity contribution in [3.63, 3.8) is 0 Å². The smallest absolute Gasteiger partial charge is 0.432 e. The molecule has 0 atom stereocenters. The van der Waals surface area contributed by atoms with Gasteiger partial charge in [0.1, 0.15) is 17.3 Å². The average molecular weight is 387 g/mol. The number of amidine groups is 1. The van der Waals surface area contributed by atoms with Crippen LogP contribution in [0.3, 0.4) is 0 Å². The van der Waals surface area contributed by atoms with Gasteiger partial charge in [-0.3, -0.25) is 5.41 Å². The van der Waals surface area contributed by atoms with E-state index in [9.17, 15) is 13.2 Å². The second-order valence-corrected chi connectivity index (χ2v) is 5.95. The first-order chi connectivity index (χ1) is 12.3. The molecular formula is C17H18ClF3N4O. The third-order valence-corrected chi connectivity index (χ3v) is 3.71. The summed E-state index contributed by atoms with van der Waals surface area (Å²) in [6.45, 7) is 0.660. The Bertz CT molecular complexity index is 739. The van der Waals surface area contributed by atoms with Crippen LogP contribution in [0.2, 0.25) is 0 Å². The predicted molar refractivity (Wildman–Crippen MR) is 95.7 cm³/mol. The lowest BCUT2D eigenvalue weighted by Gasteiger charge is -2.17. The molecule has 2 rings (SSSR count). The lowest BCUT2D eigenvalue weighted by Crippen LogP contribution is -2.30. The SMILES string of the molecule is COc1ccc(CN/C(=C\C(=N)C(F)(F)F)CC2=NC=C(Cl)CN2)cc1. The maximum absolute atomic E-state index is 12.7. The van der Waals surface area contributed by atoms with E-state index in [1.807, 2.05) is 0 Å². The van der Waals surface area contributed by atoms with Crippen LogP contribution in [0.1, 0.15) is 12.0 Å². The van der Waals surface area contributed by atoms with Crippen LogP contribution in [0, 0.1) is 5.41 Å². The van der Waals surface area contributed by atoms with Crippen molar-refractivity contribution < 1.29 is 17.9 Å². The van der Waals surface area contributed by atoms with Gasteiger partial charge in [0.2, 0.25) is 0 Å². The number of halogens is 4. The van der Waals surface area contributed by atoms with Gasteiger partial charge in [-0.1, -0.05) is 23.7 Å². The van der Waals surface area contributed by atoms with Crippen molar-refractivity contribution in [3.05, 3.63) is 52.8 Å². The quantitative estimate of drug-likeness (QED) is 0.625. The lowest BCUT2D eigenvalue weighted by atomic mass is 10.1. The first-order valence-electron chi connectivity index (χ1n) is 7.66. The Balaban J connectivity index is 2.11. The summed E-state index contributed by atoms with van der Waals surface area (Å²) in [5, 5.41) is 13.6. The van der Waals surface area contributed by atoms with Gasteiger partial charge < -0.3 is 15.4 Å². The van der Waals surface area contributed by atoms with Crippen LogP contribution in [-0.2, 0) is 6.54 Å². The number of methoxy groups -OCH3 is 1. The molecular weight excluding hydrogens is 369 g/mol. The fourth-order valence-corrected chi connectivity index (χ4v) is 2.21. The summed E-state index contributed by atoms with van der Waals surface area (Å²) in [7, 11) is 1.55. The molecule has 3 N–H and O–H groups in total. The van der Waals surface area contributed by atoms with Gasteiger partial charge in [-0.15, -0.1) is 0 Å². The molecule has 0 radical (unpaired) electrons. The first kappa shape index (κ1) is 19.8. The Morgan fingerprint density at radius 2 is 2.08 bits per heavy atom. The average Bonchev–Trinajstić information content (AvgIpc) is 2.61. The highest BCUT2D eigenvalue weighted by Crippen LogP contribution is 2.19. The molecule has 1 aromatic carbocycles. The summed E-state index contributed by atoms with van der Waals surface area (Å²) in [5.41, 5.74) is -0.350. The molecule has 1 heterocycles. The van der Waals surface area contributed by atoms with E-state index in [0.717, 1.165) is 11.6 Å². The zero-order valence-electron chi connectivity index (χ0n) is 14.0. The summed E-state index contributed by atoms with van der Waals surface area (Å²) >= 11 is 5.80. The molecule has 1 aromatic rings. The number of allylic oxidation sites excluding steroid dienone is 1. The Hall–Kier alpha value is -2.48. The third kappa shape index (κ3) is 6.11. The summed E-state index contributed by atoms with van der Waals surface area (Å²) in [6.07, 6.45) is -2.40. The molecule has 0 fully saturated rings. The van der Waals surface area contributed by atoms with E-state index >= 15 is 0 Å². The Kier molecular flexibility index (Phi) is 6.68. The van der Waals surface area contributed by atoms with Gasteiger partial charge in [0.25, 0.3) is 0 Å². The molecule has 0 aromatic heterocycles. The van der Waals surface area contributed by atoms with Crippen LogP contribution in [0.4, 0.5) is 13.2 Å². The van der Waals surface area contributed by atoms with Crippen LogP contribution in [0.25, 0.3) is 0 Å². The van der Waals surface area contributed by atoms with Crippen molar-refractivity contribution in [2.45, 2.75) is 19.1 Å². The van der Waals surface area contributed by atoms with Gasteiger partial charge >= 0.3 is 6.18 Å². The molecule has 0 unspecified atom stereocenters. The monoisotopic (exact) mass is 386 g/mol. The van der Waals surface area contributed by atoms with Gasteiger partial charge in [-0.25, -0.2) is 4.99 Å². The Morgan fingerprint density at radius 3 is 2.62 bits per heavy atom. The molecule has 1 aliphatic heterocycles. The number of rotatable bonds is 7. The summed E-state index contributed by atoms with van der Waals surface area (Å²) < 4.78 is 43.2. The number of nitrogens with zero attached hydrogens (tertiary/aromatic N) is 1. The van der Waals surface area contributed by atoms with Crippen molar-refractivity contribution in [1.82, 2.24) is 10.6 Å². The number of hydrogen-bond donors (Lipinski definition) is 3. The standard InChI is InChI=1S/C17H18ClF3N4O/c1-26-14-4-2-11(3-5-14)8-23-13(6-15(22)17(19,20)21)7-16-24-9-12(18)10-25-16/h2-6,9,22-23H,7-8,10H2,1H3,(H,24,25)/b13-6-,22-15?. The molecule has 0 spiro atoms. The second kappa shape index (κ2) is 8.75. The lowest BCUT2D eigenvalue weighted by molar-refractivity contribution is -0.0584. The topological polar surface area (TPSA) is 69.5 Å². The van der Waals surface area contributed by atoms with Gasteiger partial charge in [-0.2, -0.15) is 13.2 Å². The van der Waals surface area contributed by atoms with Crippen LogP contribution in [0.5, 0.6) is 5.75 Å². The van der Waals surface area contributed by atoms with Crippen molar-refractivity contribution in [2.24, 2.45) is 4.99 Å². The van der Waals surface area contributed by atoms with E-state index in [2.05, 4.69) is 15.6 Å². The van der Waals surface area contributed by atoms with Crippen LogP contribution in [0.15, 0.2) is 52.3 Å². The second-order valence-electron chi connectivity index (χ2n) is 5.46. The number of alkyl halides is 3. The zero-order valence-corrected chi connectivity index (χ0v) is 14.7. The molecule has 9 heteroatoms. The van der Waals surface area contributed by atoms with Crippen LogP contribution in [-0.4, -0.2) is 31.4 Å². The van der Waals surface area contributed by atoms with E-state index in [1.165, 1.54) is 6.20 Å². The molecule has 140 valence electrons. The molecule has 0 saturated carbocycles. The summed E-state index contributed by atoms with van der Waals surface area (Å²) in [4.78, 5) is 4.06. The van der Waals surface area contributed by atoms with E-state index in [0.29, 0.717) is 29.7 Å². The predicted octanol–water partition coefficient (Wildman–Crippen LogP) is 3.72. The van der Waals surface area contributed by atoms with Gasteiger partial charge in [-0.05, 0) is 23.8 Å². The van der Waals surface area contributed by atoms with Gasteiger partial charge in [0, 0.05) is 24.9 Å².